The van der Waals surface area contributed by atoms with Gasteiger partial charge >= 0.3 is 11.9 Å². The molecular weight excluding hydrogens is 1010 g/mol. The van der Waals surface area contributed by atoms with Crippen molar-refractivity contribution in [3.8, 4) is 0 Å². The number of amides is 2. The van der Waals surface area contributed by atoms with Gasteiger partial charge in [0.05, 0.1) is 11.6 Å². The summed E-state index contributed by atoms with van der Waals surface area (Å²) in [6.07, 6.45) is 3.48. The molecule has 2 amide bonds. The third-order valence-electron chi connectivity index (χ3n) is 9.77. The number of carbonyl (C=O) groups excluding carboxylic acids is 4. The number of quaternary nitrogens is 1. The van der Waals surface area contributed by atoms with Crippen LogP contribution in [0, 0.1) is 39.5 Å². The molecule has 0 heterocycles. The number of allylic oxidation sites excluding steroid dienone is 2. The van der Waals surface area contributed by atoms with Crippen LogP contribution >= 0.6 is 12.6 Å². The van der Waals surface area contributed by atoms with Gasteiger partial charge in [0.15, 0.2) is 6.04 Å². The third kappa shape index (κ3) is 24.5. The maximum Gasteiger partial charge on any atom is 0.362 e. The summed E-state index contributed by atoms with van der Waals surface area (Å²) in [4.78, 5) is 68.8. The van der Waals surface area contributed by atoms with E-state index in [-0.39, 0.29) is 132 Å². The first-order valence-electron chi connectivity index (χ1n) is 19.9. The zero-order valence-electron chi connectivity index (χ0n) is 37.0. The molecule has 9 N–H and O–H groups in total. The number of aliphatic carboxylic acids is 2. The summed E-state index contributed by atoms with van der Waals surface area (Å²) in [5.74, 6) is -3.89. The monoisotopic (exact) mass is 1070 g/mol. The van der Waals surface area contributed by atoms with Crippen LogP contribution in [0.25, 0.3) is 12.2 Å². The number of carbonyl (C=O) groups is 6. The Bertz CT molecular complexity index is 2000. The quantitative estimate of drug-likeness (QED) is 0.0352. The number of hydrogen-bond acceptors (Lipinski definition) is 7. The average molecular weight is 1070 g/mol. The Hall–Kier alpha value is -4.20. The van der Waals surface area contributed by atoms with Crippen LogP contribution in [0.3, 0.4) is 0 Å². The molecule has 0 aliphatic carbocycles. The van der Waals surface area contributed by atoms with Gasteiger partial charge < -0.3 is 55.5 Å². The Balaban J connectivity index is -0.000000877. The van der Waals surface area contributed by atoms with Crippen LogP contribution in [-0.2, 0) is 94.2 Å². The zero-order chi connectivity index (χ0) is 46.2. The second-order valence-electron chi connectivity index (χ2n) is 14.5. The SMILES string of the molecule is C.O.[CH2-]/C(=C\c1ccccc1)C(=O)/C([CH2-])=C/c1ccccc1.[CH2-]C(C(=O)C([CH2-])C(C)c1ccccc1)C(C)c1ccccc1.[NH3+][C@H](CCC(=O)NC(CS)C(=O)NCC(=O)O)C(=O)O.[Y].[Y]. The van der Waals surface area contributed by atoms with E-state index in [4.69, 9.17) is 10.2 Å². The van der Waals surface area contributed by atoms with Gasteiger partial charge in [0.1, 0.15) is 12.6 Å². The molecule has 0 saturated heterocycles. The summed E-state index contributed by atoms with van der Waals surface area (Å²) >= 11 is 3.89. The molecule has 15 heteroatoms. The summed E-state index contributed by atoms with van der Waals surface area (Å²) in [5, 5.41) is 21.5. The van der Waals surface area contributed by atoms with E-state index >= 15 is 0 Å². The van der Waals surface area contributed by atoms with E-state index in [9.17, 15) is 28.8 Å². The van der Waals surface area contributed by atoms with Crippen molar-refractivity contribution in [2.75, 3.05) is 12.3 Å². The van der Waals surface area contributed by atoms with Gasteiger partial charge in [-0.2, -0.15) is 38.6 Å². The Morgan fingerprint density at radius 1 is 0.682 bits per heavy atom. The fraction of sp³-hybridized carbons (Fsp3) is 0.255. The number of thiol groups is 1. The van der Waals surface area contributed by atoms with Gasteiger partial charge in [-0.15, -0.1) is 23.0 Å². The van der Waals surface area contributed by atoms with E-state index in [0.717, 1.165) is 22.3 Å². The first-order chi connectivity index (χ1) is 29.5. The topological polar surface area (TPSA) is 226 Å². The minimum atomic E-state index is -1.20. The number of carboxylic acids is 2. The van der Waals surface area contributed by atoms with Gasteiger partial charge in [0, 0.05) is 84.0 Å². The molecule has 352 valence electrons. The normalized spacial score (nSPS) is 13.2. The van der Waals surface area contributed by atoms with Gasteiger partial charge in [0.2, 0.25) is 11.8 Å². The molecule has 0 saturated carbocycles. The molecular formula is C51H64N3O9SY2-3. The molecule has 0 aliphatic heterocycles. The van der Waals surface area contributed by atoms with Gasteiger partial charge in [-0.1, -0.05) is 154 Å². The third-order valence-corrected chi connectivity index (χ3v) is 10.1. The fourth-order valence-electron chi connectivity index (χ4n) is 5.76. The molecule has 0 aromatic heterocycles. The molecule has 0 bridgehead atoms. The molecule has 66 heavy (non-hydrogen) atoms. The van der Waals surface area contributed by atoms with E-state index in [1.54, 1.807) is 12.2 Å². The molecule has 12 nitrogen and oxygen atoms in total. The number of benzene rings is 4. The van der Waals surface area contributed by atoms with Crippen LogP contribution < -0.4 is 16.4 Å². The van der Waals surface area contributed by atoms with E-state index in [2.05, 4.69) is 94.8 Å². The van der Waals surface area contributed by atoms with Gasteiger partial charge in [0.25, 0.3) is 0 Å². The van der Waals surface area contributed by atoms with Crippen molar-refractivity contribution in [3.05, 3.63) is 182 Å². The van der Waals surface area contributed by atoms with Crippen molar-refractivity contribution in [2.24, 2.45) is 11.8 Å². The molecule has 0 fully saturated rings. The number of Topliss-reactive ketones (excluding diaryl/α,β-unsaturated/α-hetero) is 2. The summed E-state index contributed by atoms with van der Waals surface area (Å²) in [7, 11) is 0. The smallest absolute Gasteiger partial charge is 0.362 e. The number of carboxylic acid groups (broad SMARTS) is 2. The van der Waals surface area contributed by atoms with Crippen LogP contribution in [0.4, 0.5) is 0 Å². The van der Waals surface area contributed by atoms with Crippen molar-refractivity contribution < 1.29 is 116 Å². The Labute approximate surface area is 446 Å². The van der Waals surface area contributed by atoms with Crippen LogP contribution in [0.15, 0.2) is 132 Å². The summed E-state index contributed by atoms with van der Waals surface area (Å²) < 4.78 is 0. The van der Waals surface area contributed by atoms with Crippen molar-refractivity contribution in [2.45, 2.75) is 58.0 Å². The zero-order valence-corrected chi connectivity index (χ0v) is 43.5. The predicted octanol–water partition coefficient (Wildman–Crippen LogP) is 6.34. The maximum atomic E-state index is 12.7. The molecule has 6 atom stereocenters. The van der Waals surface area contributed by atoms with Gasteiger partial charge in [-0.3, -0.25) is 14.4 Å². The standard InChI is InChI=1S/C21H24O.C19H16O.C10H17N3O6S.CH4.H2O.2Y/c1-15(19-11-7-5-8-12-19)17(3)21(22)18(4)16(2)20-13-9-6-10-14-20;1-15(13-17-9-5-3-6-10-17)19(20)16(2)14-18-11-7-4-8-12-18;11-5(10(18)19)1-2-7(14)13-6(4-20)9(17)12-3-8(15)16;;;;/h5-18H,3-4H2,1-2H3;3-14H,1-2H2;5-6,20H,1-4,11H2,(H,12,17)(H,13,14)(H,15,16)(H,18,19);1H4;1H2;;/q2*-2;;;;;/p+1/b;15-13+,16-14+;;;;;/t;;5-,6?;;;;/m..1..../s1. The maximum absolute atomic E-state index is 12.7. The van der Waals surface area contributed by atoms with E-state index in [1.807, 2.05) is 97.1 Å². The first-order valence-corrected chi connectivity index (χ1v) is 20.6. The second kappa shape index (κ2) is 35.9. The summed E-state index contributed by atoms with van der Waals surface area (Å²) in [5.41, 5.74) is 8.44. The number of ketones is 2. The molecule has 0 spiro atoms. The molecule has 0 aliphatic rings. The van der Waals surface area contributed by atoms with Crippen LogP contribution in [0.2, 0.25) is 0 Å². The molecule has 4 rings (SSSR count). The van der Waals surface area contributed by atoms with E-state index in [0.29, 0.717) is 11.1 Å². The molecule has 2 radical (unpaired) electrons. The van der Waals surface area contributed by atoms with E-state index < -0.39 is 42.4 Å². The van der Waals surface area contributed by atoms with Crippen LogP contribution in [0.1, 0.15) is 68.2 Å². The van der Waals surface area contributed by atoms with Crippen LogP contribution in [-0.4, -0.2) is 75.4 Å². The average Bonchev–Trinajstić information content (AvgIpc) is 3.29. The molecule has 4 aromatic carbocycles. The Morgan fingerprint density at radius 2 is 1.05 bits per heavy atom. The fourth-order valence-corrected chi connectivity index (χ4v) is 6.02. The number of hydrogen-bond donors (Lipinski definition) is 6. The second-order valence-corrected chi connectivity index (χ2v) is 14.9. The number of rotatable bonds is 19. The van der Waals surface area contributed by atoms with Crippen molar-refractivity contribution in [1.82, 2.24) is 10.6 Å². The molecule has 4 aromatic rings. The van der Waals surface area contributed by atoms with Crippen molar-refractivity contribution in [3.63, 3.8) is 0 Å². The van der Waals surface area contributed by atoms with E-state index in [1.165, 1.54) is 0 Å². The number of nitrogens with one attached hydrogen (secondary N) is 2. The van der Waals surface area contributed by atoms with Gasteiger partial charge in [-0.05, 0) is 23.0 Å². The van der Waals surface area contributed by atoms with Gasteiger partial charge in [-0.25, -0.2) is 4.79 Å². The van der Waals surface area contributed by atoms with Crippen LogP contribution in [0.5, 0.6) is 0 Å². The summed E-state index contributed by atoms with van der Waals surface area (Å²) in [6, 6.07) is 37.6. The van der Waals surface area contributed by atoms with Crippen molar-refractivity contribution >= 4 is 60.1 Å². The molecule has 5 unspecified atom stereocenters. The largest absolute Gasteiger partial charge is 0.480 e. The summed E-state index contributed by atoms with van der Waals surface area (Å²) in [6.45, 7) is 19.5. The Kier molecular flexibility index (Phi) is 36.0. The Morgan fingerprint density at radius 3 is 1.38 bits per heavy atom. The van der Waals surface area contributed by atoms with Crippen molar-refractivity contribution in [1.29, 1.82) is 0 Å². The minimum absolute atomic E-state index is 0. The predicted molar refractivity (Wildman–Crippen MR) is 257 cm³/mol. The minimum Gasteiger partial charge on any atom is -0.480 e. The first kappa shape index (κ1) is 66.1.